The van der Waals surface area contributed by atoms with Gasteiger partial charge in [0.15, 0.2) is 0 Å². The molecule has 4 atom stereocenters. The second kappa shape index (κ2) is 43.8. The molecule has 0 saturated heterocycles. The van der Waals surface area contributed by atoms with Crippen molar-refractivity contribution in [1.82, 2.24) is 60.3 Å². The molecule has 11 aliphatic rings. The van der Waals surface area contributed by atoms with Crippen molar-refractivity contribution in [3.63, 3.8) is 0 Å². The number of anilines is 11. The average molecular weight is 1870 g/mol. The van der Waals surface area contributed by atoms with Gasteiger partial charge in [0.2, 0.25) is 17.7 Å². The minimum Gasteiger partial charge on any atom is -0.870 e. The molecule has 5 amide bonds. The van der Waals surface area contributed by atoms with E-state index in [1.54, 1.807) is 6.92 Å². The van der Waals surface area contributed by atoms with E-state index in [0.29, 0.717) is 47.0 Å². The summed E-state index contributed by atoms with van der Waals surface area (Å²) in [5, 5.41) is 26.9. The third-order valence-corrected chi connectivity index (χ3v) is 28.8. The molecular formula is C106H153KN20O8. The molecule has 28 nitrogen and oxygen atoms in total. The van der Waals surface area contributed by atoms with E-state index >= 15 is 0 Å². The minimum absolute atomic E-state index is 0. The molecule has 7 aliphatic carbocycles. The summed E-state index contributed by atoms with van der Waals surface area (Å²) >= 11 is 0. The number of benzene rings is 4. The van der Waals surface area contributed by atoms with Crippen LogP contribution in [0.5, 0.6) is 0 Å². The number of aryl methyl sites for hydroxylation is 5. The second-order valence-electron chi connectivity index (χ2n) is 41.1. The third-order valence-electron chi connectivity index (χ3n) is 28.8. The minimum atomic E-state index is -0.555. The molecule has 4 aliphatic heterocycles. The van der Waals surface area contributed by atoms with Gasteiger partial charge in [-0.1, -0.05) is 117 Å². The number of amides is 5. The maximum atomic E-state index is 13.6. The van der Waals surface area contributed by atoms with Gasteiger partial charge in [-0.15, -0.1) is 0 Å². The van der Waals surface area contributed by atoms with Gasteiger partial charge in [-0.25, -0.2) is 49.5 Å². The van der Waals surface area contributed by atoms with Crippen LogP contribution in [0.15, 0.2) is 73.8 Å². The molecule has 8 heterocycles. The largest absolute Gasteiger partial charge is 1.00 e. The fourth-order valence-corrected chi connectivity index (χ4v) is 22.2. The van der Waals surface area contributed by atoms with Gasteiger partial charge in [0, 0.05) is 80.2 Å². The van der Waals surface area contributed by atoms with E-state index in [-0.39, 0.29) is 161 Å². The van der Waals surface area contributed by atoms with Crippen molar-refractivity contribution < 1.29 is 90.3 Å². The normalized spacial score (nSPS) is 20.1. The molecule has 7 fully saturated rings. The van der Waals surface area contributed by atoms with Gasteiger partial charge < -0.3 is 69.0 Å². The number of carbonyl (C=O) groups is 5. The van der Waals surface area contributed by atoms with E-state index in [1.807, 2.05) is 67.2 Å². The van der Waals surface area contributed by atoms with Crippen LogP contribution in [0.2, 0.25) is 0 Å². The quantitative estimate of drug-likeness (QED) is 0.0508. The molecule has 0 radical (unpaired) electrons. The first-order valence-corrected chi connectivity index (χ1v) is 48.0. The second-order valence-corrected chi connectivity index (χ2v) is 41.1. The molecule has 4 spiro atoms. The summed E-state index contributed by atoms with van der Waals surface area (Å²) < 4.78 is 11.7. The predicted molar refractivity (Wildman–Crippen MR) is 537 cm³/mol. The van der Waals surface area contributed by atoms with Gasteiger partial charge in [0.1, 0.15) is 83.1 Å². The van der Waals surface area contributed by atoms with Crippen LogP contribution in [0.1, 0.15) is 377 Å². The van der Waals surface area contributed by atoms with Gasteiger partial charge in [-0.2, -0.15) is 0 Å². The Bertz CT molecular complexity index is 5600. The van der Waals surface area contributed by atoms with Crippen molar-refractivity contribution in [2.75, 3.05) is 43.4 Å². The topological polar surface area (TPSA) is 392 Å². The van der Waals surface area contributed by atoms with Gasteiger partial charge in [0.05, 0.1) is 23.2 Å². The number of ether oxygens (including phenoxy) is 2. The van der Waals surface area contributed by atoms with Crippen LogP contribution in [0, 0.1) is 80.1 Å². The summed E-state index contributed by atoms with van der Waals surface area (Å²) in [5.74, 6) is 5.33. The summed E-state index contributed by atoms with van der Waals surface area (Å²) in [4.78, 5) is 100. The van der Waals surface area contributed by atoms with Crippen molar-refractivity contribution in [2.24, 2.45) is 17.8 Å². The van der Waals surface area contributed by atoms with Crippen molar-refractivity contribution in [1.29, 1.82) is 0 Å². The summed E-state index contributed by atoms with van der Waals surface area (Å²) in [7, 11) is 0. The molecule has 29 heteroatoms. The Labute approximate surface area is 845 Å². The fraction of sp³-hybridized carbons (Fsp3) is 0.575. The zero-order valence-electron chi connectivity index (χ0n) is 81.8. The van der Waals surface area contributed by atoms with Crippen molar-refractivity contribution >= 4 is 93.5 Å². The van der Waals surface area contributed by atoms with Gasteiger partial charge >= 0.3 is 63.6 Å². The molecule has 0 bridgehead atoms. The maximum absolute atomic E-state index is 13.6. The smallest absolute Gasteiger partial charge is 0.870 e. The van der Waals surface area contributed by atoms with E-state index in [2.05, 4.69) is 198 Å². The number of fused-ring (bicyclic) bond motifs is 8. The Morgan fingerprint density at radius 3 is 0.978 bits per heavy atom. The zero-order valence-corrected chi connectivity index (χ0v) is 84.9. The monoisotopic (exact) mass is 1870 g/mol. The van der Waals surface area contributed by atoms with Crippen LogP contribution in [-0.2, 0) is 46.0 Å². The summed E-state index contributed by atoms with van der Waals surface area (Å²) in [6.07, 6.45) is 34.9. The Morgan fingerprint density at radius 2 is 0.644 bits per heavy atom. The van der Waals surface area contributed by atoms with Crippen LogP contribution < -0.4 is 105 Å². The Balaban J connectivity index is 0.000000177. The molecule has 13 N–H and O–H groups in total. The molecule has 7 saturated carbocycles. The number of nitrogens with one attached hydrogen (secondary N) is 8. The number of rotatable bonds is 12. The van der Waals surface area contributed by atoms with Gasteiger partial charge in [-0.05, 0) is 325 Å². The van der Waals surface area contributed by atoms with Crippen LogP contribution in [0.25, 0.3) is 0 Å². The Hall–Kier alpha value is -9.33. The number of hydrogen-bond donors (Lipinski definition) is 10. The maximum Gasteiger partial charge on any atom is 1.00 e. The summed E-state index contributed by atoms with van der Waals surface area (Å²) in [6.45, 7) is 38.9. The predicted octanol–water partition coefficient (Wildman–Crippen LogP) is 21.1. The first kappa shape index (κ1) is 108. The fourth-order valence-electron chi connectivity index (χ4n) is 22.2. The molecule has 135 heavy (non-hydrogen) atoms. The molecule has 19 rings (SSSR count). The zero-order chi connectivity index (χ0) is 92.8. The van der Waals surface area contributed by atoms with E-state index in [4.69, 9.17) is 20.9 Å². The SMILES string of the molecule is C.C.C.Cc1c(N)ncnc1NC(=O)C1CC1.Cc1cc(C)c2c(c1)C1(CCCCC1)N(C(=O)OC(C)(C)C)C2C.Cc1cc(Nc2ncnc(N)c2C)cc2c1C(C)NC21CCCCC1.Cc1cc(Nc2ncnc(NC(=O)C3CC3)c2C)cc2c1C(C)N(C(=O)OC(C)(C)C)C21CCCCC1.Cc1cc(Nc2ncnc(NC(=O)C3CC3)c2C)cc2c1C(C)NC21CCCCC1.[K+].[OH-]. The number of nitrogens with zero attached hydrogens (tertiary/aromatic N) is 10. The molecular weight excluding hydrogens is 1720 g/mol. The van der Waals surface area contributed by atoms with Crippen LogP contribution >= 0.6 is 0 Å². The molecule has 4 aromatic heterocycles. The van der Waals surface area contributed by atoms with Crippen molar-refractivity contribution in [3.8, 4) is 0 Å². The van der Waals surface area contributed by atoms with E-state index in [9.17, 15) is 24.0 Å². The number of nitrogen functional groups attached to an aromatic ring is 2. The summed E-state index contributed by atoms with van der Waals surface area (Å²) in [5.41, 5.74) is 33.9. The first-order chi connectivity index (χ1) is 61.8. The number of nitrogens with two attached hydrogens (primary N) is 2. The number of carbonyl (C=O) groups excluding carboxylic acids is 5. The third kappa shape index (κ3) is 23.3. The van der Waals surface area contributed by atoms with E-state index < -0.39 is 11.2 Å². The molecule has 8 aromatic rings. The van der Waals surface area contributed by atoms with Crippen LogP contribution in [0.3, 0.4) is 0 Å². The average Bonchev–Trinajstić information content (AvgIpc) is 1.56. The van der Waals surface area contributed by atoms with Crippen LogP contribution in [0.4, 0.5) is 73.2 Å². The Kier molecular flexibility index (Phi) is 34.9. The van der Waals surface area contributed by atoms with E-state index in [0.717, 1.165) is 134 Å². The molecule has 4 unspecified atom stereocenters. The van der Waals surface area contributed by atoms with Crippen molar-refractivity contribution in [3.05, 3.63) is 168 Å². The van der Waals surface area contributed by atoms with Gasteiger partial charge in [-0.3, -0.25) is 24.2 Å². The van der Waals surface area contributed by atoms with Crippen LogP contribution in [-0.4, -0.2) is 96.3 Å². The first-order valence-electron chi connectivity index (χ1n) is 48.0. The van der Waals surface area contributed by atoms with E-state index in [1.165, 1.54) is 182 Å². The van der Waals surface area contributed by atoms with Crippen molar-refractivity contribution in [2.45, 2.75) is 378 Å². The summed E-state index contributed by atoms with van der Waals surface area (Å²) in [6, 6.07) is 18.7. The number of hydrogen-bond acceptors (Lipinski definition) is 23. The standard InChI is InChI=1S/C29H39N5O3.C24H31N5O.C21H31NO2.C20H27N5.C9H12N4O.3CH4.K.H2O/c1-17-14-21(32-24-18(2)25(31-16-30-24)33-26(35)20-10-11-20)15-22-23(17)19(3)34(27(36)37-28(4,5)6)29(22)12-8-7-9-13-29;1-14-11-18(12-19-20(14)16(3)29-24(19)9-5-4-6-10-24)27-21-15(2)22(26-13-25-21)28-23(30)17-7-8-17;1-14-12-15(2)18-16(3)22(19(23)24-20(4,5)6)21(17(18)13-14)10-8-7-9-11-21;1-12-9-15(24-19-13(2)18(21)22-11-23-19)10-16-17(12)14(3)25-20(16)7-5-4-6-8-20;1-5-7(10)11-4-12-8(5)13-9(14)6-2-3-6;;;;;/h14-16,19-20H,7-13H2,1-6H3,(H2,30,31,32,33,35);11-13,16-17,29H,4-10H2,1-3H3,(H2,25,26,27,28,30);12-13,16H,7-11H2,1-6H3;9-11,14,25H,4-8H2,1-3H3,(H3,21,22,23,24);4,6H,2-3H2,1H3,(H3,10,11,12,13,14);3*1H4;;1H2/q;;;;;;;;+1;/p-1. The molecule has 4 aromatic carbocycles. The van der Waals surface area contributed by atoms with Gasteiger partial charge in [0.25, 0.3) is 0 Å². The molecule has 726 valence electrons. The Morgan fingerprint density at radius 1 is 0.370 bits per heavy atom. The number of aromatic nitrogens is 8.